The van der Waals surface area contributed by atoms with E-state index in [1.165, 1.54) is 6.33 Å². The van der Waals surface area contributed by atoms with Gasteiger partial charge in [0.15, 0.2) is 0 Å². The van der Waals surface area contributed by atoms with Crippen LogP contribution in [0.3, 0.4) is 0 Å². The number of rotatable bonds is 6. The van der Waals surface area contributed by atoms with Crippen LogP contribution in [0.2, 0.25) is 0 Å². The Kier molecular flexibility index (Phi) is 4.98. The fraction of sp³-hybridized carbons (Fsp3) is 0.167. The summed E-state index contributed by atoms with van der Waals surface area (Å²) in [6.07, 6.45) is 2.41. The van der Waals surface area contributed by atoms with Crippen molar-refractivity contribution in [2.24, 2.45) is 0 Å². The summed E-state index contributed by atoms with van der Waals surface area (Å²) in [5, 5.41) is 16.9. The molecular formula is C18H18N4O2. The molecule has 0 saturated heterocycles. The maximum atomic E-state index is 12.2. The predicted molar refractivity (Wildman–Crippen MR) is 89.3 cm³/mol. The maximum Gasteiger partial charge on any atom is 0.251 e. The van der Waals surface area contributed by atoms with Crippen molar-refractivity contribution in [3.8, 4) is 0 Å². The standard InChI is InChI=1S/C18H18N4O2/c23-17(15-4-2-1-3-5-15)10-20-18(24)16-8-6-14(7-9-16)11-22-13-19-12-21-22/h1-9,12-13,17,23H,10-11H2,(H,20,24). The average molecular weight is 322 g/mol. The first-order valence-electron chi connectivity index (χ1n) is 7.65. The third-order valence-corrected chi connectivity index (χ3v) is 3.67. The van der Waals surface area contributed by atoms with Crippen molar-refractivity contribution in [2.75, 3.05) is 6.54 Å². The number of nitrogens with one attached hydrogen (secondary N) is 1. The maximum absolute atomic E-state index is 12.2. The van der Waals surface area contributed by atoms with Crippen molar-refractivity contribution in [3.63, 3.8) is 0 Å². The first kappa shape index (κ1) is 15.9. The minimum atomic E-state index is -0.721. The van der Waals surface area contributed by atoms with Gasteiger partial charge in [-0.3, -0.25) is 4.79 Å². The summed E-state index contributed by atoms with van der Waals surface area (Å²) < 4.78 is 1.71. The molecule has 0 aliphatic heterocycles. The quantitative estimate of drug-likeness (QED) is 0.725. The van der Waals surface area contributed by atoms with E-state index in [1.54, 1.807) is 23.1 Å². The fourth-order valence-corrected chi connectivity index (χ4v) is 2.35. The van der Waals surface area contributed by atoms with Crippen LogP contribution >= 0.6 is 0 Å². The number of aliphatic hydroxyl groups is 1. The van der Waals surface area contributed by atoms with Crippen LogP contribution in [0.25, 0.3) is 0 Å². The number of aromatic nitrogens is 3. The molecule has 1 amide bonds. The van der Waals surface area contributed by atoms with Crippen molar-refractivity contribution in [2.45, 2.75) is 12.6 Å². The van der Waals surface area contributed by atoms with E-state index in [2.05, 4.69) is 15.4 Å². The zero-order valence-electron chi connectivity index (χ0n) is 13.0. The summed E-state index contributed by atoms with van der Waals surface area (Å²) in [6.45, 7) is 0.776. The summed E-state index contributed by atoms with van der Waals surface area (Å²) in [5.41, 5.74) is 2.36. The van der Waals surface area contributed by atoms with Crippen LogP contribution in [0.4, 0.5) is 0 Å². The number of nitrogens with zero attached hydrogens (tertiary/aromatic N) is 3. The van der Waals surface area contributed by atoms with E-state index < -0.39 is 6.10 Å². The van der Waals surface area contributed by atoms with Crippen LogP contribution in [-0.4, -0.2) is 32.3 Å². The Bertz CT molecular complexity index is 771. The summed E-state index contributed by atoms with van der Waals surface area (Å²) in [4.78, 5) is 16.1. The highest BCUT2D eigenvalue weighted by Crippen LogP contribution is 2.11. The van der Waals surface area contributed by atoms with Crippen LogP contribution in [0, 0.1) is 0 Å². The van der Waals surface area contributed by atoms with Gasteiger partial charge in [0.25, 0.3) is 5.91 Å². The summed E-state index contributed by atoms with van der Waals surface area (Å²) in [7, 11) is 0. The monoisotopic (exact) mass is 322 g/mol. The molecule has 1 unspecified atom stereocenters. The number of benzene rings is 2. The van der Waals surface area contributed by atoms with E-state index in [9.17, 15) is 9.90 Å². The van der Waals surface area contributed by atoms with Gasteiger partial charge >= 0.3 is 0 Å². The number of hydrogen-bond donors (Lipinski definition) is 2. The lowest BCUT2D eigenvalue weighted by atomic mass is 10.1. The second kappa shape index (κ2) is 7.52. The molecule has 2 N–H and O–H groups in total. The Balaban J connectivity index is 1.55. The molecule has 1 aromatic heterocycles. The van der Waals surface area contributed by atoms with Gasteiger partial charge in [-0.05, 0) is 23.3 Å². The fourth-order valence-electron chi connectivity index (χ4n) is 2.35. The Morgan fingerprint density at radius 1 is 1.12 bits per heavy atom. The topological polar surface area (TPSA) is 80.0 Å². The third kappa shape index (κ3) is 4.05. The molecule has 0 spiro atoms. The smallest absolute Gasteiger partial charge is 0.251 e. The first-order chi connectivity index (χ1) is 11.7. The van der Waals surface area contributed by atoms with Crippen LogP contribution < -0.4 is 5.32 Å². The molecule has 0 fully saturated rings. The predicted octanol–water partition coefficient (Wildman–Crippen LogP) is 1.79. The SMILES string of the molecule is O=C(NCC(O)c1ccccc1)c1ccc(Cn2cncn2)cc1. The molecule has 3 rings (SSSR count). The van der Waals surface area contributed by atoms with Crippen molar-refractivity contribution in [1.29, 1.82) is 0 Å². The highest BCUT2D eigenvalue weighted by atomic mass is 16.3. The molecule has 0 aliphatic rings. The van der Waals surface area contributed by atoms with Gasteiger partial charge in [-0.2, -0.15) is 5.10 Å². The number of carbonyl (C=O) groups excluding carboxylic acids is 1. The Morgan fingerprint density at radius 2 is 1.88 bits per heavy atom. The summed E-state index contributed by atoms with van der Waals surface area (Å²) in [6, 6.07) is 16.5. The van der Waals surface area contributed by atoms with Gasteiger partial charge in [0.1, 0.15) is 12.7 Å². The summed E-state index contributed by atoms with van der Waals surface area (Å²) >= 11 is 0. The molecule has 6 nitrogen and oxygen atoms in total. The van der Waals surface area contributed by atoms with E-state index in [0.717, 1.165) is 11.1 Å². The number of carbonyl (C=O) groups is 1. The van der Waals surface area contributed by atoms with E-state index >= 15 is 0 Å². The summed E-state index contributed by atoms with van der Waals surface area (Å²) in [5.74, 6) is -0.211. The lowest BCUT2D eigenvalue weighted by Crippen LogP contribution is -2.28. The molecule has 3 aromatic rings. The van der Waals surface area contributed by atoms with E-state index in [4.69, 9.17) is 0 Å². The van der Waals surface area contributed by atoms with Crippen LogP contribution in [-0.2, 0) is 6.54 Å². The molecule has 0 bridgehead atoms. The van der Waals surface area contributed by atoms with Crippen LogP contribution in [0.1, 0.15) is 27.6 Å². The average Bonchev–Trinajstić information content (AvgIpc) is 3.14. The van der Waals surface area contributed by atoms with Crippen molar-refractivity contribution >= 4 is 5.91 Å². The van der Waals surface area contributed by atoms with Gasteiger partial charge in [-0.15, -0.1) is 0 Å². The lowest BCUT2D eigenvalue weighted by molar-refractivity contribution is 0.0916. The number of aliphatic hydroxyl groups excluding tert-OH is 1. The molecule has 0 aliphatic carbocycles. The minimum absolute atomic E-state index is 0.170. The molecule has 2 aromatic carbocycles. The molecule has 0 radical (unpaired) electrons. The highest BCUT2D eigenvalue weighted by molar-refractivity contribution is 5.94. The molecule has 1 atom stereocenters. The van der Waals surface area contributed by atoms with E-state index in [-0.39, 0.29) is 12.5 Å². The number of amides is 1. The van der Waals surface area contributed by atoms with Gasteiger partial charge < -0.3 is 10.4 Å². The first-order valence-corrected chi connectivity index (χ1v) is 7.65. The molecule has 6 heteroatoms. The molecular weight excluding hydrogens is 304 g/mol. The lowest BCUT2D eigenvalue weighted by Gasteiger charge is -2.12. The van der Waals surface area contributed by atoms with E-state index in [0.29, 0.717) is 12.1 Å². The molecule has 24 heavy (non-hydrogen) atoms. The van der Waals surface area contributed by atoms with Crippen molar-refractivity contribution in [3.05, 3.63) is 83.9 Å². The molecule has 122 valence electrons. The van der Waals surface area contributed by atoms with Crippen molar-refractivity contribution in [1.82, 2.24) is 20.1 Å². The minimum Gasteiger partial charge on any atom is -0.387 e. The Morgan fingerprint density at radius 3 is 2.54 bits per heavy atom. The number of hydrogen-bond acceptors (Lipinski definition) is 4. The molecule has 0 saturated carbocycles. The van der Waals surface area contributed by atoms with Gasteiger partial charge in [-0.25, -0.2) is 9.67 Å². The van der Waals surface area contributed by atoms with Gasteiger partial charge in [0.2, 0.25) is 0 Å². The van der Waals surface area contributed by atoms with Gasteiger partial charge in [0, 0.05) is 12.1 Å². The Labute approximate surface area is 139 Å². The van der Waals surface area contributed by atoms with Crippen molar-refractivity contribution < 1.29 is 9.90 Å². The zero-order valence-corrected chi connectivity index (χ0v) is 13.0. The van der Waals surface area contributed by atoms with Crippen LogP contribution in [0.15, 0.2) is 67.3 Å². The Hall–Kier alpha value is -2.99. The van der Waals surface area contributed by atoms with Gasteiger partial charge in [0.05, 0.1) is 12.6 Å². The largest absolute Gasteiger partial charge is 0.387 e. The van der Waals surface area contributed by atoms with Gasteiger partial charge in [-0.1, -0.05) is 42.5 Å². The highest BCUT2D eigenvalue weighted by Gasteiger charge is 2.10. The molecule has 1 heterocycles. The van der Waals surface area contributed by atoms with Crippen LogP contribution in [0.5, 0.6) is 0 Å². The second-order valence-corrected chi connectivity index (χ2v) is 5.43. The third-order valence-electron chi connectivity index (χ3n) is 3.67. The normalized spacial score (nSPS) is 11.9. The van der Waals surface area contributed by atoms with E-state index in [1.807, 2.05) is 42.5 Å². The second-order valence-electron chi connectivity index (χ2n) is 5.43. The zero-order chi connectivity index (χ0) is 16.8.